The number of nitrogens with zero attached hydrogens (tertiary/aromatic N) is 2. The van der Waals surface area contributed by atoms with E-state index in [0.29, 0.717) is 34.9 Å². The number of ether oxygens (including phenoxy) is 1. The average Bonchev–Trinajstić information content (AvgIpc) is 3.37. The Morgan fingerprint density at radius 3 is 2.42 bits per heavy atom. The van der Waals surface area contributed by atoms with E-state index in [9.17, 15) is 19.7 Å². The number of carbonyl (C=O) groups is 2. The Hall–Kier alpha value is -3.45. The van der Waals surface area contributed by atoms with E-state index in [4.69, 9.17) is 9.39 Å². The van der Waals surface area contributed by atoms with E-state index < -0.39 is 13.0 Å². The number of imide groups is 1. The summed E-state index contributed by atoms with van der Waals surface area (Å²) >= 11 is 2.11. The fourth-order valence-electron chi connectivity index (χ4n) is 8.75. The molecule has 0 radical (unpaired) electrons. The molecule has 8 nitrogen and oxygen atoms in total. The minimum absolute atomic E-state index is 0.0364. The van der Waals surface area contributed by atoms with Crippen LogP contribution in [0.15, 0.2) is 83.9 Å². The maximum atomic E-state index is 14.3. The molecule has 4 atom stereocenters. The van der Waals surface area contributed by atoms with Gasteiger partial charge in [0, 0.05) is 25.7 Å². The molecule has 2 amide bonds. The van der Waals surface area contributed by atoms with E-state index in [0.717, 1.165) is 60.3 Å². The van der Waals surface area contributed by atoms with E-state index in [-0.39, 0.29) is 41.5 Å². The molecule has 10 heteroatoms. The van der Waals surface area contributed by atoms with Crippen molar-refractivity contribution in [3.05, 3.63) is 104 Å². The second-order valence-corrected chi connectivity index (χ2v) is 15.3. The van der Waals surface area contributed by atoms with Gasteiger partial charge in [-0.3, -0.25) is 19.4 Å². The SMILES string of the molecule is COc1cc(/C=C(/CC[C@H]2OB(O)C[C@H]3C2=C(C)C[C@H]2C(=O)N(C4CCN(Cc5ccccc5)CC4)C(=O)[C@H]23)c2ccccc2)cc(I)c1O. The lowest BCUT2D eigenvalue weighted by atomic mass is 9.58. The van der Waals surface area contributed by atoms with Crippen molar-refractivity contribution in [1.29, 1.82) is 0 Å². The van der Waals surface area contributed by atoms with Crippen LogP contribution < -0.4 is 4.74 Å². The second kappa shape index (κ2) is 15.0. The molecule has 50 heavy (non-hydrogen) atoms. The largest absolute Gasteiger partial charge is 0.504 e. The standard InChI is InChI=1S/C40H44BIN2O6/c1-25-19-31-37(40(47)44(39(31)46)30-15-17-43(18-16-30)24-26-9-5-3-6-10-26)32-23-41(48)50-34(36(25)32)14-13-29(28-11-7-4-8-12-28)20-27-21-33(42)38(45)35(22-27)49-2/h3-12,20-22,30-32,34,37,45,48H,13-19,23-24H2,1-2H3/b29-20-/t31-,32+,34-,37-/m1/s1. The van der Waals surface area contributed by atoms with Crippen LogP contribution in [0.5, 0.6) is 11.5 Å². The molecule has 7 rings (SSSR count). The van der Waals surface area contributed by atoms with Gasteiger partial charge in [0.1, 0.15) is 0 Å². The Kier molecular flexibility index (Phi) is 10.5. The van der Waals surface area contributed by atoms with Gasteiger partial charge < -0.3 is 19.5 Å². The number of methoxy groups -OCH3 is 1. The molecule has 3 aliphatic heterocycles. The number of hydrogen-bond acceptors (Lipinski definition) is 7. The zero-order chi connectivity index (χ0) is 34.9. The summed E-state index contributed by atoms with van der Waals surface area (Å²) in [5, 5.41) is 21.5. The van der Waals surface area contributed by atoms with Crippen molar-refractivity contribution < 1.29 is 29.1 Å². The topological polar surface area (TPSA) is 99.5 Å². The van der Waals surface area contributed by atoms with Crippen LogP contribution in [0.2, 0.25) is 6.32 Å². The highest BCUT2D eigenvalue weighted by atomic mass is 127. The van der Waals surface area contributed by atoms with Gasteiger partial charge in [-0.1, -0.05) is 72.3 Å². The van der Waals surface area contributed by atoms with Crippen molar-refractivity contribution in [2.24, 2.45) is 17.8 Å². The summed E-state index contributed by atoms with van der Waals surface area (Å²) in [5.41, 5.74) is 6.52. The molecule has 0 aromatic heterocycles. The molecular weight excluding hydrogens is 742 g/mol. The molecule has 0 spiro atoms. The third-order valence-corrected chi connectivity index (χ3v) is 11.9. The van der Waals surface area contributed by atoms with E-state index in [1.54, 1.807) is 12.0 Å². The molecule has 260 valence electrons. The first-order chi connectivity index (χ1) is 24.2. The maximum Gasteiger partial charge on any atom is 0.455 e. The Morgan fingerprint density at radius 1 is 1.02 bits per heavy atom. The lowest BCUT2D eigenvalue weighted by molar-refractivity contribution is -0.144. The van der Waals surface area contributed by atoms with E-state index in [1.807, 2.05) is 36.4 Å². The summed E-state index contributed by atoms with van der Waals surface area (Å²) in [4.78, 5) is 32.3. The third-order valence-electron chi connectivity index (χ3n) is 11.1. The van der Waals surface area contributed by atoms with Gasteiger partial charge in [0.05, 0.1) is 28.6 Å². The van der Waals surface area contributed by atoms with E-state index in [1.165, 1.54) is 5.56 Å². The van der Waals surface area contributed by atoms with Crippen LogP contribution in [0.3, 0.4) is 0 Å². The van der Waals surface area contributed by atoms with Crippen LogP contribution in [-0.2, 0) is 20.8 Å². The highest BCUT2D eigenvalue weighted by molar-refractivity contribution is 14.1. The zero-order valence-electron chi connectivity index (χ0n) is 28.6. The number of hydrogen-bond donors (Lipinski definition) is 2. The molecule has 3 saturated heterocycles. The monoisotopic (exact) mass is 786 g/mol. The van der Waals surface area contributed by atoms with Gasteiger partial charge in [0.15, 0.2) is 11.5 Å². The molecule has 3 fully saturated rings. The number of piperidine rings is 1. The highest BCUT2D eigenvalue weighted by Crippen LogP contribution is 2.51. The summed E-state index contributed by atoms with van der Waals surface area (Å²) in [5.74, 6) is -0.633. The fraction of sp³-hybridized carbons (Fsp3) is 0.400. The number of allylic oxidation sites excluding steroid dienone is 2. The number of halogens is 1. The number of likely N-dealkylation sites (tertiary alicyclic amines) is 2. The van der Waals surface area contributed by atoms with Crippen molar-refractivity contribution in [2.45, 2.75) is 64.0 Å². The first-order valence-corrected chi connectivity index (χ1v) is 18.8. The molecule has 0 unspecified atom stereocenters. The fourth-order valence-corrected chi connectivity index (χ4v) is 9.38. The number of phenols is 1. The van der Waals surface area contributed by atoms with Gasteiger partial charge in [-0.2, -0.15) is 0 Å². The molecule has 1 aliphatic carbocycles. The smallest absolute Gasteiger partial charge is 0.455 e. The van der Waals surface area contributed by atoms with Crippen molar-refractivity contribution >= 4 is 53.2 Å². The minimum Gasteiger partial charge on any atom is -0.504 e. The van der Waals surface area contributed by atoms with Crippen LogP contribution in [0.4, 0.5) is 0 Å². The summed E-state index contributed by atoms with van der Waals surface area (Å²) in [6.07, 6.45) is 5.43. The Bertz CT molecular complexity index is 1790. The number of aromatic hydroxyl groups is 1. The molecule has 4 aliphatic rings. The molecule has 3 aromatic carbocycles. The normalized spacial score (nSPS) is 24.8. The lowest BCUT2D eigenvalue weighted by Crippen LogP contribution is -2.48. The maximum absolute atomic E-state index is 14.3. The lowest BCUT2D eigenvalue weighted by Gasteiger charge is -2.42. The van der Waals surface area contributed by atoms with Gasteiger partial charge in [-0.15, -0.1) is 0 Å². The summed E-state index contributed by atoms with van der Waals surface area (Å²) in [6, 6.07) is 24.2. The first kappa shape index (κ1) is 35.0. The summed E-state index contributed by atoms with van der Waals surface area (Å²) in [7, 11) is 0.534. The van der Waals surface area contributed by atoms with Gasteiger partial charge in [0.2, 0.25) is 11.8 Å². The number of fused-ring (bicyclic) bond motifs is 3. The van der Waals surface area contributed by atoms with Crippen LogP contribution >= 0.6 is 22.6 Å². The van der Waals surface area contributed by atoms with Crippen molar-refractivity contribution in [1.82, 2.24) is 9.80 Å². The van der Waals surface area contributed by atoms with Gasteiger partial charge in [-0.05, 0) is 114 Å². The molecular formula is C40H44BIN2O6. The number of amides is 2. The van der Waals surface area contributed by atoms with E-state index in [2.05, 4.69) is 76.9 Å². The van der Waals surface area contributed by atoms with Gasteiger partial charge in [-0.25, -0.2) is 0 Å². The molecule has 0 bridgehead atoms. The predicted octanol–water partition coefficient (Wildman–Crippen LogP) is 6.81. The van der Waals surface area contributed by atoms with Crippen molar-refractivity contribution in [3.8, 4) is 11.5 Å². The van der Waals surface area contributed by atoms with Crippen LogP contribution in [-0.4, -0.2) is 71.2 Å². The van der Waals surface area contributed by atoms with Gasteiger partial charge >= 0.3 is 7.12 Å². The Balaban J connectivity index is 1.09. The first-order valence-electron chi connectivity index (χ1n) is 17.7. The average molecular weight is 787 g/mol. The second-order valence-electron chi connectivity index (χ2n) is 14.2. The molecule has 3 heterocycles. The number of phenolic OH excluding ortho intramolecular Hbond substituents is 1. The summed E-state index contributed by atoms with van der Waals surface area (Å²) in [6.45, 7) is 4.64. The van der Waals surface area contributed by atoms with Crippen LogP contribution in [0.1, 0.15) is 55.7 Å². The quantitative estimate of drug-likeness (QED) is 0.0810. The molecule has 0 saturated carbocycles. The Labute approximate surface area is 308 Å². The molecule has 3 aromatic rings. The number of benzene rings is 3. The predicted molar refractivity (Wildman–Crippen MR) is 203 cm³/mol. The Morgan fingerprint density at radius 2 is 1.72 bits per heavy atom. The number of carbonyl (C=O) groups excluding carboxylic acids is 2. The van der Waals surface area contributed by atoms with Crippen molar-refractivity contribution in [2.75, 3.05) is 20.2 Å². The summed E-state index contributed by atoms with van der Waals surface area (Å²) < 4.78 is 12.4. The highest BCUT2D eigenvalue weighted by Gasteiger charge is 2.58. The zero-order valence-corrected chi connectivity index (χ0v) is 30.8. The molecule has 2 N–H and O–H groups in total. The van der Waals surface area contributed by atoms with Crippen LogP contribution in [0.25, 0.3) is 11.6 Å². The van der Waals surface area contributed by atoms with Gasteiger partial charge in [0.25, 0.3) is 0 Å². The van der Waals surface area contributed by atoms with Crippen molar-refractivity contribution in [3.63, 3.8) is 0 Å². The van der Waals surface area contributed by atoms with Crippen LogP contribution in [0, 0.1) is 21.3 Å². The minimum atomic E-state index is -1.01. The number of rotatable bonds is 9. The van der Waals surface area contributed by atoms with E-state index >= 15 is 0 Å². The third kappa shape index (κ3) is 7.04.